The van der Waals surface area contributed by atoms with Crippen molar-refractivity contribution in [1.82, 2.24) is 9.73 Å². The number of anilines is 1. The Balaban J connectivity index is 1.47. The van der Waals surface area contributed by atoms with Crippen LogP contribution >= 0.6 is 0 Å². The number of nitrogens with one attached hydrogen (secondary N) is 1. The molecule has 1 N–H and O–H groups in total. The zero-order valence-corrected chi connectivity index (χ0v) is 17.0. The third kappa shape index (κ3) is 3.53. The summed E-state index contributed by atoms with van der Waals surface area (Å²) in [6, 6.07) is 22.0. The lowest BCUT2D eigenvalue weighted by Crippen LogP contribution is -2.39. The van der Waals surface area contributed by atoms with Crippen LogP contribution < -0.4 is 10.4 Å². The summed E-state index contributed by atoms with van der Waals surface area (Å²) in [5.41, 5.74) is 4.80. The van der Waals surface area contributed by atoms with Gasteiger partial charge in [-0.2, -0.15) is 0 Å². The molecule has 0 unspecified atom stereocenters. The number of fused-ring (bicyclic) bond motifs is 1. The molecule has 0 bridgehead atoms. The number of hydrogen-bond donors (Lipinski definition) is 1. The number of sulfonamides is 1. The molecular weight excluding hydrogens is 402 g/mol. The van der Waals surface area contributed by atoms with Gasteiger partial charge in [-0.3, -0.25) is 20.0 Å². The van der Waals surface area contributed by atoms with Crippen LogP contribution in [0.3, 0.4) is 0 Å². The van der Waals surface area contributed by atoms with Gasteiger partial charge in [-0.25, -0.2) is 12.7 Å². The molecule has 0 aromatic heterocycles. The molecule has 2 amide bonds. The highest BCUT2D eigenvalue weighted by Gasteiger charge is 2.40. The third-order valence-electron chi connectivity index (χ3n) is 4.87. The summed E-state index contributed by atoms with van der Waals surface area (Å²) in [5.74, 6) is -0.845. The molecule has 0 saturated carbocycles. The molecule has 8 heteroatoms. The second-order valence-electron chi connectivity index (χ2n) is 6.85. The number of amides is 2. The first-order valence-corrected chi connectivity index (χ1v) is 10.7. The van der Waals surface area contributed by atoms with Gasteiger partial charge in [0.25, 0.3) is 21.8 Å². The molecule has 0 radical (unpaired) electrons. The lowest BCUT2D eigenvalue weighted by molar-refractivity contribution is 0.0863. The molecule has 0 atom stereocenters. The van der Waals surface area contributed by atoms with Crippen molar-refractivity contribution in [3.05, 3.63) is 95.6 Å². The number of benzene rings is 3. The zero-order valence-electron chi connectivity index (χ0n) is 16.1. The first-order chi connectivity index (χ1) is 14.4. The van der Waals surface area contributed by atoms with E-state index in [1.807, 2.05) is 30.3 Å². The first-order valence-electron chi connectivity index (χ1n) is 9.23. The van der Waals surface area contributed by atoms with Crippen molar-refractivity contribution in [3.8, 4) is 0 Å². The van der Waals surface area contributed by atoms with Gasteiger partial charge in [0.2, 0.25) is 0 Å². The number of carbonyl (C=O) groups excluding carboxylic acids is 2. The Kier molecular flexibility index (Phi) is 5.01. The lowest BCUT2D eigenvalue weighted by atomic mass is 10.1. The summed E-state index contributed by atoms with van der Waals surface area (Å²) in [6.45, 7) is -0.0956. The van der Waals surface area contributed by atoms with Crippen molar-refractivity contribution in [3.63, 3.8) is 0 Å². The Morgan fingerprint density at radius 3 is 2.23 bits per heavy atom. The minimum absolute atomic E-state index is 0.0231. The molecule has 152 valence electrons. The van der Waals surface area contributed by atoms with E-state index in [1.165, 1.54) is 12.1 Å². The summed E-state index contributed by atoms with van der Waals surface area (Å²) in [4.78, 5) is 25.0. The molecule has 0 fully saturated rings. The van der Waals surface area contributed by atoms with Gasteiger partial charge in [-0.1, -0.05) is 42.5 Å². The number of hydrazine groups is 1. The summed E-state index contributed by atoms with van der Waals surface area (Å²) in [7, 11) is -2.13. The maximum atomic E-state index is 12.7. The number of nitrogens with zero attached hydrogens (tertiary/aromatic N) is 2. The molecule has 4 rings (SSSR count). The molecule has 0 aliphatic carbocycles. The van der Waals surface area contributed by atoms with Crippen LogP contribution in [0.15, 0.2) is 83.8 Å². The largest absolute Gasteiger partial charge is 0.288 e. The third-order valence-corrected chi connectivity index (χ3v) is 6.65. The molecule has 7 nitrogen and oxygen atoms in total. The smallest absolute Gasteiger partial charge is 0.269 e. The molecule has 3 aromatic carbocycles. The van der Waals surface area contributed by atoms with Crippen molar-refractivity contribution in [2.45, 2.75) is 11.4 Å². The molecule has 3 aromatic rings. The molecule has 30 heavy (non-hydrogen) atoms. The van der Waals surface area contributed by atoms with Crippen molar-refractivity contribution >= 4 is 27.5 Å². The summed E-state index contributed by atoms with van der Waals surface area (Å²) < 4.78 is 26.2. The molecule has 0 spiro atoms. The highest BCUT2D eigenvalue weighted by Crippen LogP contribution is 2.31. The number of hydrogen-bond acceptors (Lipinski definition) is 5. The van der Waals surface area contributed by atoms with E-state index in [2.05, 4.69) is 5.43 Å². The topological polar surface area (TPSA) is 86.8 Å². The number of rotatable bonds is 5. The van der Waals surface area contributed by atoms with Crippen LogP contribution in [-0.4, -0.2) is 31.6 Å². The van der Waals surface area contributed by atoms with Crippen LogP contribution in [0.1, 0.15) is 26.3 Å². The van der Waals surface area contributed by atoms with Crippen LogP contribution in [0.2, 0.25) is 0 Å². The Morgan fingerprint density at radius 2 is 1.57 bits per heavy atom. The molecule has 1 aliphatic rings. The van der Waals surface area contributed by atoms with Gasteiger partial charge in [-0.05, 0) is 42.0 Å². The maximum absolute atomic E-state index is 12.7. The van der Waals surface area contributed by atoms with E-state index in [0.29, 0.717) is 11.1 Å². The molecule has 1 heterocycles. The second kappa shape index (κ2) is 7.64. The Bertz CT molecular complexity index is 1210. The summed E-state index contributed by atoms with van der Waals surface area (Å²) in [6.07, 6.45) is 0. The Labute approximate surface area is 174 Å². The molecule has 0 saturated heterocycles. The number of para-hydroxylation sites is 1. The van der Waals surface area contributed by atoms with Crippen molar-refractivity contribution < 1.29 is 18.0 Å². The monoisotopic (exact) mass is 421 g/mol. The van der Waals surface area contributed by atoms with Gasteiger partial charge in [0.05, 0.1) is 17.8 Å². The van der Waals surface area contributed by atoms with Gasteiger partial charge >= 0.3 is 0 Å². The highest BCUT2D eigenvalue weighted by molar-refractivity contribution is 7.90. The van der Waals surface area contributed by atoms with E-state index >= 15 is 0 Å². The van der Waals surface area contributed by atoms with Crippen molar-refractivity contribution in [2.24, 2.45) is 0 Å². The van der Waals surface area contributed by atoms with E-state index in [-0.39, 0.29) is 22.9 Å². The van der Waals surface area contributed by atoms with Gasteiger partial charge in [0.15, 0.2) is 0 Å². The van der Waals surface area contributed by atoms with E-state index in [1.54, 1.807) is 48.5 Å². The van der Waals surface area contributed by atoms with E-state index < -0.39 is 15.9 Å². The quantitative estimate of drug-likeness (QED) is 0.640. The van der Waals surface area contributed by atoms with E-state index in [4.69, 9.17) is 0 Å². The van der Waals surface area contributed by atoms with Crippen LogP contribution in [0.25, 0.3) is 0 Å². The van der Waals surface area contributed by atoms with Gasteiger partial charge in [0, 0.05) is 12.6 Å². The Hall–Kier alpha value is -3.65. The normalized spacial score (nSPS) is 14.3. The fraction of sp³-hybridized carbons (Fsp3) is 0.0909. The van der Waals surface area contributed by atoms with Gasteiger partial charge in [-0.15, -0.1) is 0 Å². The SMILES string of the molecule is CN(NC(=O)c1ccc(CN2C(=O)c3ccccc3S2(=O)=O)cc1)c1ccccc1. The minimum Gasteiger partial charge on any atom is -0.288 e. The zero-order chi connectivity index (χ0) is 21.3. The highest BCUT2D eigenvalue weighted by atomic mass is 32.2. The maximum Gasteiger partial charge on any atom is 0.269 e. The van der Waals surface area contributed by atoms with Crippen LogP contribution in [-0.2, 0) is 16.6 Å². The predicted molar refractivity (Wildman–Crippen MR) is 112 cm³/mol. The fourth-order valence-corrected chi connectivity index (χ4v) is 4.80. The fourth-order valence-electron chi connectivity index (χ4n) is 3.25. The van der Waals surface area contributed by atoms with E-state index in [0.717, 1.165) is 9.99 Å². The van der Waals surface area contributed by atoms with Gasteiger partial charge < -0.3 is 0 Å². The number of carbonyl (C=O) groups is 2. The van der Waals surface area contributed by atoms with Crippen molar-refractivity contribution in [1.29, 1.82) is 0 Å². The predicted octanol–water partition coefficient (Wildman–Crippen LogP) is 2.81. The van der Waals surface area contributed by atoms with E-state index in [9.17, 15) is 18.0 Å². The van der Waals surface area contributed by atoms with Crippen molar-refractivity contribution in [2.75, 3.05) is 12.1 Å². The van der Waals surface area contributed by atoms with Crippen LogP contribution in [0.5, 0.6) is 0 Å². The first kappa shape index (κ1) is 19.7. The lowest BCUT2D eigenvalue weighted by Gasteiger charge is -2.20. The van der Waals surface area contributed by atoms with Gasteiger partial charge in [0.1, 0.15) is 4.90 Å². The van der Waals surface area contributed by atoms with Crippen LogP contribution in [0.4, 0.5) is 5.69 Å². The average molecular weight is 421 g/mol. The summed E-state index contributed by atoms with van der Waals surface area (Å²) in [5, 5.41) is 1.61. The molecule has 1 aliphatic heterocycles. The molecular formula is C22H19N3O4S. The second-order valence-corrected chi connectivity index (χ2v) is 8.68. The Morgan fingerprint density at radius 1 is 0.933 bits per heavy atom. The summed E-state index contributed by atoms with van der Waals surface area (Å²) >= 11 is 0. The standard InChI is InChI=1S/C22H19N3O4S/c1-24(18-7-3-2-4-8-18)23-21(26)17-13-11-16(12-14-17)15-25-22(27)19-9-5-6-10-20(19)30(25,28)29/h2-14H,15H2,1H3,(H,23,26). The average Bonchev–Trinajstić information content (AvgIpc) is 2.95. The minimum atomic E-state index is -3.87. The van der Waals surface area contributed by atoms with Crippen LogP contribution in [0, 0.1) is 0 Å².